The van der Waals surface area contributed by atoms with Crippen molar-refractivity contribution in [2.45, 2.75) is 51.9 Å². The Bertz CT molecular complexity index is 1760. The number of rotatable bonds is 5. The molecule has 0 N–H and O–H groups in total. The van der Waals surface area contributed by atoms with E-state index in [2.05, 4.69) is 95.3 Å². The summed E-state index contributed by atoms with van der Waals surface area (Å²) in [5, 5.41) is 2.21. The summed E-state index contributed by atoms with van der Waals surface area (Å²) < 4.78 is 0. The first-order valence-corrected chi connectivity index (χ1v) is 13.9. The fraction of sp³-hybridized carbons (Fsp3) is 0.222. The van der Waals surface area contributed by atoms with Gasteiger partial charge in [0.25, 0.3) is 0 Å². The average molecular weight is 523 g/mol. The van der Waals surface area contributed by atoms with Crippen LogP contribution in [-0.4, -0.2) is 19.9 Å². The van der Waals surface area contributed by atoms with Crippen LogP contribution in [0.2, 0.25) is 0 Å². The smallest absolute Gasteiger partial charge is 0.135 e. The van der Waals surface area contributed by atoms with Gasteiger partial charge in [0.15, 0.2) is 0 Å². The van der Waals surface area contributed by atoms with Crippen LogP contribution in [0.3, 0.4) is 0 Å². The van der Waals surface area contributed by atoms with Crippen LogP contribution >= 0.6 is 0 Å². The maximum Gasteiger partial charge on any atom is 0.135 e. The van der Waals surface area contributed by atoms with Crippen LogP contribution in [0, 0.1) is 0 Å². The second kappa shape index (κ2) is 9.95. The Kier molecular flexibility index (Phi) is 6.42. The highest BCUT2D eigenvalue weighted by atomic mass is 14.9. The standard InChI is InChI=1S/C36H34N4/c1-35(2,3)31-19-18-27-16-17-28-20-24(23-37-32(28)33(27)40-31)22-36(4,5)34-38-29(25-12-8-6-9-13-25)21-30(39-34)26-14-10-7-11-15-26/h6-21,23H,22H2,1-5H3. The van der Waals surface area contributed by atoms with Crippen molar-refractivity contribution < 1.29 is 0 Å². The van der Waals surface area contributed by atoms with Crippen LogP contribution in [0.1, 0.15) is 51.7 Å². The Hall–Kier alpha value is -4.44. The fourth-order valence-corrected chi connectivity index (χ4v) is 5.19. The van der Waals surface area contributed by atoms with Crippen LogP contribution in [-0.2, 0) is 17.3 Å². The summed E-state index contributed by atoms with van der Waals surface area (Å²) >= 11 is 0. The van der Waals surface area contributed by atoms with Crippen molar-refractivity contribution in [3.63, 3.8) is 0 Å². The van der Waals surface area contributed by atoms with E-state index in [0.717, 1.165) is 67.8 Å². The largest absolute Gasteiger partial charge is 0.254 e. The summed E-state index contributed by atoms with van der Waals surface area (Å²) in [7, 11) is 0. The minimum Gasteiger partial charge on any atom is -0.254 e. The van der Waals surface area contributed by atoms with Crippen molar-refractivity contribution in [3.8, 4) is 22.5 Å². The molecule has 0 spiro atoms. The molecule has 3 aromatic carbocycles. The first-order valence-electron chi connectivity index (χ1n) is 13.9. The van der Waals surface area contributed by atoms with Gasteiger partial charge in [0.2, 0.25) is 0 Å². The number of aromatic nitrogens is 4. The van der Waals surface area contributed by atoms with Crippen LogP contribution < -0.4 is 0 Å². The maximum absolute atomic E-state index is 5.09. The molecule has 3 heterocycles. The molecule has 0 radical (unpaired) electrons. The molecule has 0 aliphatic rings. The van der Waals surface area contributed by atoms with E-state index in [1.54, 1.807) is 0 Å². The van der Waals surface area contributed by atoms with Crippen molar-refractivity contribution in [2.75, 3.05) is 0 Å². The lowest BCUT2D eigenvalue weighted by molar-refractivity contribution is 0.487. The van der Waals surface area contributed by atoms with Crippen LogP contribution in [0.15, 0.2) is 103 Å². The second-order valence-electron chi connectivity index (χ2n) is 12.3. The lowest BCUT2D eigenvalue weighted by Gasteiger charge is -2.24. The van der Waals surface area contributed by atoms with E-state index >= 15 is 0 Å². The Morgan fingerprint density at radius 2 is 1.15 bits per heavy atom. The lowest BCUT2D eigenvalue weighted by Crippen LogP contribution is -2.24. The molecule has 0 aliphatic heterocycles. The molecular formula is C36H34N4. The van der Waals surface area contributed by atoms with Crippen molar-refractivity contribution in [3.05, 3.63) is 120 Å². The molecule has 0 bridgehead atoms. The van der Waals surface area contributed by atoms with E-state index in [4.69, 9.17) is 19.9 Å². The van der Waals surface area contributed by atoms with E-state index in [-0.39, 0.29) is 10.8 Å². The molecule has 4 heteroatoms. The van der Waals surface area contributed by atoms with Gasteiger partial charge in [0.05, 0.1) is 22.4 Å². The van der Waals surface area contributed by atoms with Gasteiger partial charge < -0.3 is 0 Å². The Labute approximate surface area is 236 Å². The molecule has 0 amide bonds. The third kappa shape index (κ3) is 5.10. The van der Waals surface area contributed by atoms with Crippen molar-refractivity contribution >= 4 is 21.8 Å². The SMILES string of the molecule is CC(C)(C)c1ccc2ccc3cc(CC(C)(C)c4nc(-c5ccccc5)cc(-c5ccccc5)n4)cnc3c2n1. The molecular weight excluding hydrogens is 488 g/mol. The summed E-state index contributed by atoms with van der Waals surface area (Å²) in [5.41, 5.74) is 7.82. The Morgan fingerprint density at radius 1 is 0.575 bits per heavy atom. The first kappa shape index (κ1) is 25.8. The number of hydrogen-bond acceptors (Lipinski definition) is 4. The average Bonchev–Trinajstić information content (AvgIpc) is 2.96. The van der Waals surface area contributed by atoms with Crippen molar-refractivity contribution in [1.82, 2.24) is 19.9 Å². The molecule has 6 rings (SSSR count). The third-order valence-electron chi connectivity index (χ3n) is 7.45. The molecule has 40 heavy (non-hydrogen) atoms. The van der Waals surface area contributed by atoms with Gasteiger partial charge in [-0.25, -0.2) is 15.0 Å². The van der Waals surface area contributed by atoms with Gasteiger partial charge in [-0.15, -0.1) is 0 Å². The van der Waals surface area contributed by atoms with Gasteiger partial charge >= 0.3 is 0 Å². The van der Waals surface area contributed by atoms with Gasteiger partial charge in [0.1, 0.15) is 5.82 Å². The molecule has 198 valence electrons. The zero-order valence-electron chi connectivity index (χ0n) is 23.8. The lowest BCUT2D eigenvalue weighted by atomic mass is 9.84. The van der Waals surface area contributed by atoms with E-state index in [0.29, 0.717) is 0 Å². The van der Waals surface area contributed by atoms with Gasteiger partial charge in [-0.05, 0) is 30.2 Å². The minimum absolute atomic E-state index is 0.0206. The number of fused-ring (bicyclic) bond motifs is 3. The van der Waals surface area contributed by atoms with Crippen molar-refractivity contribution in [2.24, 2.45) is 0 Å². The van der Waals surface area contributed by atoms with Crippen LogP contribution in [0.5, 0.6) is 0 Å². The number of pyridine rings is 2. The molecule has 0 aliphatic carbocycles. The second-order valence-corrected chi connectivity index (χ2v) is 12.3. The topological polar surface area (TPSA) is 51.6 Å². The summed E-state index contributed by atoms with van der Waals surface area (Å²) in [6, 6.07) is 33.6. The first-order chi connectivity index (χ1) is 19.2. The molecule has 0 atom stereocenters. The molecule has 4 nitrogen and oxygen atoms in total. The van der Waals surface area contributed by atoms with Gasteiger partial charge in [0, 0.05) is 44.6 Å². The fourth-order valence-electron chi connectivity index (χ4n) is 5.19. The van der Waals surface area contributed by atoms with Crippen LogP contribution in [0.4, 0.5) is 0 Å². The zero-order valence-corrected chi connectivity index (χ0v) is 23.8. The summed E-state index contributed by atoms with van der Waals surface area (Å²) in [6.45, 7) is 11.0. The minimum atomic E-state index is -0.321. The van der Waals surface area contributed by atoms with Gasteiger partial charge in [-0.3, -0.25) is 4.98 Å². The normalized spacial score (nSPS) is 12.2. The highest BCUT2D eigenvalue weighted by molar-refractivity contribution is 6.02. The molecule has 0 saturated carbocycles. The highest BCUT2D eigenvalue weighted by Crippen LogP contribution is 2.32. The monoisotopic (exact) mass is 522 g/mol. The molecule has 0 unspecified atom stereocenters. The molecule has 0 fully saturated rings. The molecule has 6 aromatic rings. The number of nitrogens with zero attached hydrogens (tertiary/aromatic N) is 4. The summed E-state index contributed by atoms with van der Waals surface area (Å²) in [6.07, 6.45) is 2.75. The van der Waals surface area contributed by atoms with E-state index < -0.39 is 0 Å². The number of hydrogen-bond donors (Lipinski definition) is 0. The highest BCUT2D eigenvalue weighted by Gasteiger charge is 2.27. The molecule has 3 aromatic heterocycles. The van der Waals surface area contributed by atoms with E-state index in [9.17, 15) is 0 Å². The van der Waals surface area contributed by atoms with Gasteiger partial charge in [-0.1, -0.05) is 113 Å². The van der Waals surface area contributed by atoms with Crippen LogP contribution in [0.25, 0.3) is 44.3 Å². The quantitative estimate of drug-likeness (QED) is 0.212. The summed E-state index contributed by atoms with van der Waals surface area (Å²) in [5.74, 6) is 0.822. The Balaban J connectivity index is 1.40. The van der Waals surface area contributed by atoms with E-state index in [1.807, 2.05) is 42.6 Å². The summed E-state index contributed by atoms with van der Waals surface area (Å²) in [4.78, 5) is 20.1. The maximum atomic E-state index is 5.09. The number of benzene rings is 3. The molecule has 0 saturated heterocycles. The van der Waals surface area contributed by atoms with Gasteiger partial charge in [-0.2, -0.15) is 0 Å². The predicted molar refractivity (Wildman–Crippen MR) is 165 cm³/mol. The predicted octanol–water partition coefficient (Wildman–Crippen LogP) is 8.72. The third-order valence-corrected chi connectivity index (χ3v) is 7.45. The van der Waals surface area contributed by atoms with E-state index in [1.165, 1.54) is 0 Å². The zero-order chi connectivity index (χ0) is 27.9. The Morgan fingerprint density at radius 3 is 1.75 bits per heavy atom. The van der Waals surface area contributed by atoms with Crippen molar-refractivity contribution in [1.29, 1.82) is 0 Å².